The summed E-state index contributed by atoms with van der Waals surface area (Å²) in [5, 5.41) is 0. The quantitative estimate of drug-likeness (QED) is 0.764. The van der Waals surface area contributed by atoms with Crippen LogP contribution in [0.5, 0.6) is 5.75 Å². The number of hydrogen-bond acceptors (Lipinski definition) is 5. The predicted molar refractivity (Wildman–Crippen MR) is 63.7 cm³/mol. The molecular formula is C13H16O5. The Bertz CT molecular complexity index is 423. The maximum absolute atomic E-state index is 11.6. The average molecular weight is 252 g/mol. The first kappa shape index (κ1) is 12.9. The molecule has 0 saturated carbocycles. The molecule has 1 atom stereocenters. The molecule has 0 aromatic heterocycles. The molecule has 2 rings (SSSR count). The van der Waals surface area contributed by atoms with Gasteiger partial charge in [0.15, 0.2) is 0 Å². The zero-order valence-corrected chi connectivity index (χ0v) is 10.5. The van der Waals surface area contributed by atoms with E-state index in [-0.39, 0.29) is 0 Å². The summed E-state index contributed by atoms with van der Waals surface area (Å²) >= 11 is 0. The summed E-state index contributed by atoms with van der Waals surface area (Å²) in [5.41, 5.74) is 1.38. The van der Waals surface area contributed by atoms with Gasteiger partial charge in [-0.25, -0.2) is 4.79 Å². The summed E-state index contributed by atoms with van der Waals surface area (Å²) in [6.45, 7) is 3.34. The van der Waals surface area contributed by atoms with Gasteiger partial charge in [0.2, 0.25) is 6.29 Å². The summed E-state index contributed by atoms with van der Waals surface area (Å²) in [6.07, 6.45) is -0.482. The molecule has 5 heteroatoms. The Balaban J connectivity index is 2.18. The molecule has 0 spiro atoms. The fraction of sp³-hybridized carbons (Fsp3) is 0.462. The molecule has 0 radical (unpaired) electrons. The van der Waals surface area contributed by atoms with E-state index in [9.17, 15) is 4.79 Å². The van der Waals surface area contributed by atoms with E-state index in [0.29, 0.717) is 31.1 Å². The number of esters is 1. The minimum atomic E-state index is -0.482. The van der Waals surface area contributed by atoms with Gasteiger partial charge in [0.05, 0.1) is 20.3 Å². The van der Waals surface area contributed by atoms with Crippen LogP contribution in [0.4, 0.5) is 0 Å². The highest BCUT2D eigenvalue weighted by Crippen LogP contribution is 2.23. The van der Waals surface area contributed by atoms with Crippen LogP contribution < -0.4 is 4.74 Å². The molecule has 1 fully saturated rings. The normalized spacial score (nSPS) is 19.3. The van der Waals surface area contributed by atoms with Crippen molar-refractivity contribution in [2.75, 3.05) is 26.9 Å². The lowest BCUT2D eigenvalue weighted by atomic mass is 10.1. The van der Waals surface area contributed by atoms with Gasteiger partial charge in [-0.1, -0.05) is 6.07 Å². The molecule has 5 nitrogen and oxygen atoms in total. The zero-order valence-electron chi connectivity index (χ0n) is 10.5. The molecule has 0 aliphatic carbocycles. The third kappa shape index (κ3) is 3.00. The van der Waals surface area contributed by atoms with Crippen molar-refractivity contribution in [2.24, 2.45) is 0 Å². The summed E-state index contributed by atoms with van der Waals surface area (Å²) in [5.74, 6) is 0.0269. The van der Waals surface area contributed by atoms with E-state index in [2.05, 4.69) is 0 Å². The van der Waals surface area contributed by atoms with E-state index in [0.717, 1.165) is 5.56 Å². The third-order valence-corrected chi connectivity index (χ3v) is 2.59. The van der Waals surface area contributed by atoms with Crippen molar-refractivity contribution in [3.8, 4) is 5.75 Å². The van der Waals surface area contributed by atoms with Crippen LogP contribution in [-0.4, -0.2) is 39.2 Å². The maximum Gasteiger partial charge on any atom is 0.341 e. The van der Waals surface area contributed by atoms with Gasteiger partial charge in [0.1, 0.15) is 17.9 Å². The van der Waals surface area contributed by atoms with Crippen LogP contribution in [0.15, 0.2) is 18.2 Å². The van der Waals surface area contributed by atoms with Crippen molar-refractivity contribution in [3.63, 3.8) is 0 Å². The Hall–Kier alpha value is -1.59. The Labute approximate surface area is 106 Å². The lowest BCUT2D eigenvalue weighted by molar-refractivity contribution is -0.171. The summed E-state index contributed by atoms with van der Waals surface area (Å²) in [4.78, 5) is 11.6. The molecule has 1 aliphatic rings. The van der Waals surface area contributed by atoms with Crippen LogP contribution in [0.25, 0.3) is 0 Å². The van der Waals surface area contributed by atoms with Crippen LogP contribution in [0.1, 0.15) is 15.9 Å². The third-order valence-electron chi connectivity index (χ3n) is 2.59. The van der Waals surface area contributed by atoms with Crippen molar-refractivity contribution < 1.29 is 23.7 Å². The van der Waals surface area contributed by atoms with Gasteiger partial charge < -0.3 is 18.9 Å². The van der Waals surface area contributed by atoms with Gasteiger partial charge in [-0.3, -0.25) is 0 Å². The van der Waals surface area contributed by atoms with Gasteiger partial charge in [-0.2, -0.15) is 0 Å². The first-order valence-corrected chi connectivity index (χ1v) is 5.75. The number of carbonyl (C=O) groups is 1. The Morgan fingerprint density at radius 3 is 2.89 bits per heavy atom. The van der Waals surface area contributed by atoms with Gasteiger partial charge in [0.25, 0.3) is 0 Å². The predicted octanol–water partition coefficient (Wildman–Crippen LogP) is 1.53. The highest BCUT2D eigenvalue weighted by molar-refractivity contribution is 5.92. The SMILES string of the molecule is COC(=O)c1ccc(C)cc1OC1COCCO1. The minimum Gasteiger partial charge on any atom is -0.465 e. The van der Waals surface area contributed by atoms with Crippen LogP contribution in [-0.2, 0) is 14.2 Å². The second-order valence-corrected chi connectivity index (χ2v) is 3.98. The molecule has 0 bridgehead atoms. The second kappa shape index (κ2) is 5.84. The molecule has 1 aliphatic heterocycles. The van der Waals surface area contributed by atoms with Crippen molar-refractivity contribution in [3.05, 3.63) is 29.3 Å². The van der Waals surface area contributed by atoms with E-state index in [1.54, 1.807) is 12.1 Å². The first-order valence-electron chi connectivity index (χ1n) is 5.75. The van der Waals surface area contributed by atoms with Crippen LogP contribution in [0.2, 0.25) is 0 Å². The van der Waals surface area contributed by atoms with E-state index >= 15 is 0 Å². The highest BCUT2D eigenvalue weighted by Gasteiger charge is 2.20. The highest BCUT2D eigenvalue weighted by atomic mass is 16.7. The van der Waals surface area contributed by atoms with E-state index in [4.69, 9.17) is 18.9 Å². The number of hydrogen-bond donors (Lipinski definition) is 0. The first-order chi connectivity index (χ1) is 8.70. The number of carbonyl (C=O) groups excluding carboxylic acids is 1. The fourth-order valence-corrected chi connectivity index (χ4v) is 1.68. The summed E-state index contributed by atoms with van der Waals surface area (Å²) in [7, 11) is 1.34. The van der Waals surface area contributed by atoms with Crippen molar-refractivity contribution in [1.29, 1.82) is 0 Å². The smallest absolute Gasteiger partial charge is 0.341 e. The summed E-state index contributed by atoms with van der Waals surface area (Å²) < 4.78 is 21.0. The Kier molecular flexibility index (Phi) is 4.17. The molecule has 1 heterocycles. The number of methoxy groups -OCH3 is 1. The molecule has 98 valence electrons. The van der Waals surface area contributed by atoms with Gasteiger partial charge in [0, 0.05) is 0 Å². The Morgan fingerprint density at radius 2 is 2.22 bits per heavy atom. The van der Waals surface area contributed by atoms with Crippen LogP contribution in [0, 0.1) is 6.92 Å². The molecular weight excluding hydrogens is 236 g/mol. The van der Waals surface area contributed by atoms with Crippen LogP contribution >= 0.6 is 0 Å². The number of aryl methyl sites for hydroxylation is 1. The molecule has 18 heavy (non-hydrogen) atoms. The maximum atomic E-state index is 11.6. The van der Waals surface area contributed by atoms with Gasteiger partial charge in [-0.15, -0.1) is 0 Å². The van der Waals surface area contributed by atoms with Gasteiger partial charge >= 0.3 is 5.97 Å². The van der Waals surface area contributed by atoms with E-state index in [1.807, 2.05) is 13.0 Å². The monoisotopic (exact) mass is 252 g/mol. The molecule has 0 N–H and O–H groups in total. The van der Waals surface area contributed by atoms with Crippen molar-refractivity contribution >= 4 is 5.97 Å². The number of benzene rings is 1. The average Bonchev–Trinajstić information content (AvgIpc) is 2.39. The largest absolute Gasteiger partial charge is 0.465 e. The van der Waals surface area contributed by atoms with Gasteiger partial charge in [-0.05, 0) is 24.6 Å². The Morgan fingerprint density at radius 1 is 1.39 bits per heavy atom. The number of ether oxygens (including phenoxy) is 4. The van der Waals surface area contributed by atoms with Crippen LogP contribution in [0.3, 0.4) is 0 Å². The molecule has 1 unspecified atom stereocenters. The van der Waals surface area contributed by atoms with E-state index < -0.39 is 12.3 Å². The second-order valence-electron chi connectivity index (χ2n) is 3.98. The number of rotatable bonds is 3. The lowest BCUT2D eigenvalue weighted by Crippen LogP contribution is -2.33. The molecule has 1 aromatic rings. The molecule has 1 saturated heterocycles. The minimum absolute atomic E-state index is 0.356. The lowest BCUT2D eigenvalue weighted by Gasteiger charge is -2.24. The van der Waals surface area contributed by atoms with Crippen molar-refractivity contribution in [2.45, 2.75) is 13.2 Å². The fourth-order valence-electron chi connectivity index (χ4n) is 1.68. The molecule has 0 amide bonds. The van der Waals surface area contributed by atoms with Crippen molar-refractivity contribution in [1.82, 2.24) is 0 Å². The molecule has 1 aromatic carbocycles. The van der Waals surface area contributed by atoms with E-state index in [1.165, 1.54) is 7.11 Å². The zero-order chi connectivity index (χ0) is 13.0. The standard InChI is InChI=1S/C13H16O5/c1-9-3-4-10(13(14)15-2)11(7-9)18-12-8-16-5-6-17-12/h3-4,7,12H,5-6,8H2,1-2H3. The summed E-state index contributed by atoms with van der Waals surface area (Å²) in [6, 6.07) is 5.29. The topological polar surface area (TPSA) is 54.0 Å².